The molecule has 0 amide bonds. The first-order valence-corrected chi connectivity index (χ1v) is 7.02. The molecule has 1 N–H and O–H groups in total. The minimum Gasteiger partial charge on any atom is -0.306 e. The molecule has 1 aromatic rings. The van der Waals surface area contributed by atoms with E-state index in [0.717, 1.165) is 37.8 Å². The van der Waals surface area contributed by atoms with Crippen LogP contribution in [-0.4, -0.2) is 6.54 Å². The molecule has 0 aromatic heterocycles. The number of halogens is 2. The van der Waals surface area contributed by atoms with Crippen LogP contribution in [0.2, 0.25) is 0 Å². The summed E-state index contributed by atoms with van der Waals surface area (Å²) in [6.45, 7) is 4.49. The van der Waals surface area contributed by atoms with E-state index in [1.807, 2.05) is 0 Å². The lowest BCUT2D eigenvalue weighted by atomic mass is 9.95. The second-order valence-corrected chi connectivity index (χ2v) is 5.15. The maximum atomic E-state index is 14.3. The molecule has 1 atom stereocenters. The molecule has 0 spiro atoms. The summed E-state index contributed by atoms with van der Waals surface area (Å²) in [5.41, 5.74) is 1.80. The predicted molar refractivity (Wildman–Crippen MR) is 74.1 cm³/mol. The molecule has 1 nitrogen and oxygen atoms in total. The third-order valence-corrected chi connectivity index (χ3v) is 3.65. The highest BCUT2D eigenvalue weighted by molar-refractivity contribution is 5.35. The number of rotatable bonds is 5. The van der Waals surface area contributed by atoms with Crippen LogP contribution in [0.25, 0.3) is 0 Å². The maximum absolute atomic E-state index is 14.3. The van der Waals surface area contributed by atoms with Gasteiger partial charge < -0.3 is 5.32 Å². The molecule has 0 heterocycles. The summed E-state index contributed by atoms with van der Waals surface area (Å²) in [4.78, 5) is 0. The monoisotopic (exact) mass is 265 g/mol. The van der Waals surface area contributed by atoms with Crippen LogP contribution in [0.3, 0.4) is 0 Å². The highest BCUT2D eigenvalue weighted by atomic mass is 19.1. The van der Waals surface area contributed by atoms with E-state index >= 15 is 0 Å². The summed E-state index contributed by atoms with van der Waals surface area (Å²) < 4.78 is 28.3. The van der Waals surface area contributed by atoms with Crippen molar-refractivity contribution in [3.63, 3.8) is 0 Å². The first kappa shape index (κ1) is 14.2. The van der Waals surface area contributed by atoms with Gasteiger partial charge in [0.05, 0.1) is 6.04 Å². The number of allylic oxidation sites excluding steroid dienone is 1. The van der Waals surface area contributed by atoms with Crippen molar-refractivity contribution < 1.29 is 8.78 Å². The van der Waals surface area contributed by atoms with Gasteiger partial charge in [0.25, 0.3) is 0 Å². The number of benzene rings is 1. The third kappa shape index (κ3) is 3.03. The van der Waals surface area contributed by atoms with Gasteiger partial charge >= 0.3 is 0 Å². The Bertz CT molecular complexity index is 480. The molecule has 0 radical (unpaired) electrons. The lowest BCUT2D eigenvalue weighted by Gasteiger charge is -2.22. The van der Waals surface area contributed by atoms with Gasteiger partial charge in [-0.25, -0.2) is 8.78 Å². The Morgan fingerprint density at radius 2 is 2.11 bits per heavy atom. The first-order chi connectivity index (χ1) is 9.15. The molecule has 1 unspecified atom stereocenters. The first-order valence-electron chi connectivity index (χ1n) is 7.02. The van der Waals surface area contributed by atoms with Crippen LogP contribution in [0.5, 0.6) is 0 Å². The molecule has 0 fully saturated rings. The van der Waals surface area contributed by atoms with Crippen molar-refractivity contribution in [3.05, 3.63) is 46.5 Å². The van der Waals surface area contributed by atoms with Gasteiger partial charge in [0.15, 0.2) is 0 Å². The molecular weight excluding hydrogens is 244 g/mol. The highest BCUT2D eigenvalue weighted by Crippen LogP contribution is 2.34. The normalized spacial score (nSPS) is 16.5. The number of nitrogens with one attached hydrogen (secondary N) is 1. The smallest absolute Gasteiger partial charge is 0.134 e. The SMILES string of the molecule is CCCNC(C1=CCCC1)c1c(F)ccc(C)c1F. The van der Waals surface area contributed by atoms with Gasteiger partial charge in [-0.15, -0.1) is 0 Å². The maximum Gasteiger partial charge on any atom is 0.134 e. The van der Waals surface area contributed by atoms with Crippen LogP contribution in [0, 0.1) is 18.6 Å². The second-order valence-electron chi connectivity index (χ2n) is 5.15. The van der Waals surface area contributed by atoms with E-state index in [1.54, 1.807) is 6.92 Å². The van der Waals surface area contributed by atoms with E-state index in [0.29, 0.717) is 5.56 Å². The van der Waals surface area contributed by atoms with Crippen molar-refractivity contribution >= 4 is 0 Å². The fourth-order valence-electron chi connectivity index (χ4n) is 2.61. The van der Waals surface area contributed by atoms with Crippen LogP contribution in [0.15, 0.2) is 23.8 Å². The Morgan fingerprint density at radius 3 is 2.74 bits per heavy atom. The van der Waals surface area contributed by atoms with Crippen LogP contribution >= 0.6 is 0 Å². The Morgan fingerprint density at radius 1 is 1.32 bits per heavy atom. The molecule has 0 saturated carbocycles. The minimum absolute atomic E-state index is 0.182. The van der Waals surface area contributed by atoms with Gasteiger partial charge in [0, 0.05) is 5.56 Å². The highest BCUT2D eigenvalue weighted by Gasteiger charge is 2.25. The summed E-state index contributed by atoms with van der Waals surface area (Å²) in [5, 5.41) is 3.29. The summed E-state index contributed by atoms with van der Waals surface area (Å²) in [7, 11) is 0. The van der Waals surface area contributed by atoms with Gasteiger partial charge in [0.2, 0.25) is 0 Å². The molecule has 19 heavy (non-hydrogen) atoms. The van der Waals surface area contributed by atoms with Crippen molar-refractivity contribution in [1.29, 1.82) is 0 Å². The van der Waals surface area contributed by atoms with Crippen molar-refractivity contribution in [1.82, 2.24) is 5.32 Å². The molecule has 0 aliphatic heterocycles. The number of hydrogen-bond donors (Lipinski definition) is 1. The van der Waals surface area contributed by atoms with E-state index in [4.69, 9.17) is 0 Å². The Kier molecular flexibility index (Phi) is 4.70. The standard InChI is InChI=1S/C16H21F2N/c1-3-10-19-16(12-6-4-5-7-12)14-13(17)9-8-11(2)15(14)18/h6,8-9,16,19H,3-5,7,10H2,1-2H3. The molecule has 2 rings (SSSR count). The number of hydrogen-bond acceptors (Lipinski definition) is 1. The minimum atomic E-state index is -0.454. The van der Waals surface area contributed by atoms with Crippen LogP contribution in [0.1, 0.15) is 49.8 Å². The second kappa shape index (κ2) is 6.29. The summed E-state index contributed by atoms with van der Waals surface area (Å²) in [6, 6.07) is 2.54. The Balaban J connectivity index is 2.40. The van der Waals surface area contributed by atoms with E-state index in [1.165, 1.54) is 12.1 Å². The predicted octanol–water partition coefficient (Wildman–Crippen LogP) is 4.42. The third-order valence-electron chi connectivity index (χ3n) is 3.65. The topological polar surface area (TPSA) is 12.0 Å². The van der Waals surface area contributed by atoms with Crippen molar-refractivity contribution in [3.8, 4) is 0 Å². The average Bonchev–Trinajstić information content (AvgIpc) is 2.92. The summed E-state index contributed by atoms with van der Waals surface area (Å²) >= 11 is 0. The average molecular weight is 265 g/mol. The van der Waals surface area contributed by atoms with Gasteiger partial charge in [-0.2, -0.15) is 0 Å². The Labute approximate surface area is 113 Å². The largest absolute Gasteiger partial charge is 0.306 e. The van der Waals surface area contributed by atoms with Crippen molar-refractivity contribution in [2.75, 3.05) is 6.54 Å². The molecular formula is C16H21F2N. The van der Waals surface area contributed by atoms with Crippen molar-refractivity contribution in [2.24, 2.45) is 0 Å². The zero-order valence-electron chi connectivity index (χ0n) is 11.6. The van der Waals surface area contributed by atoms with E-state index < -0.39 is 11.6 Å². The molecule has 0 saturated heterocycles. The zero-order chi connectivity index (χ0) is 13.8. The molecule has 1 aliphatic rings. The van der Waals surface area contributed by atoms with Gasteiger partial charge in [-0.05, 0) is 50.8 Å². The lowest BCUT2D eigenvalue weighted by molar-refractivity contribution is 0.491. The lowest BCUT2D eigenvalue weighted by Crippen LogP contribution is -2.25. The fourth-order valence-corrected chi connectivity index (χ4v) is 2.61. The van der Waals surface area contributed by atoms with E-state index in [-0.39, 0.29) is 11.6 Å². The van der Waals surface area contributed by atoms with Gasteiger partial charge in [-0.3, -0.25) is 0 Å². The summed E-state index contributed by atoms with van der Waals surface area (Å²) in [5.74, 6) is -0.870. The van der Waals surface area contributed by atoms with Crippen LogP contribution in [0.4, 0.5) is 8.78 Å². The van der Waals surface area contributed by atoms with Crippen LogP contribution < -0.4 is 5.32 Å². The van der Waals surface area contributed by atoms with Gasteiger partial charge in [0.1, 0.15) is 11.6 Å². The quantitative estimate of drug-likeness (QED) is 0.777. The van der Waals surface area contributed by atoms with E-state index in [9.17, 15) is 8.78 Å². The molecule has 3 heteroatoms. The number of aryl methyl sites for hydroxylation is 1. The Hall–Kier alpha value is -1.22. The molecule has 104 valence electrons. The summed E-state index contributed by atoms with van der Waals surface area (Å²) in [6.07, 6.45) is 6.07. The van der Waals surface area contributed by atoms with E-state index in [2.05, 4.69) is 18.3 Å². The van der Waals surface area contributed by atoms with Crippen molar-refractivity contribution in [2.45, 2.75) is 45.6 Å². The molecule has 0 bridgehead atoms. The molecule has 1 aliphatic carbocycles. The molecule has 1 aromatic carbocycles. The van der Waals surface area contributed by atoms with Gasteiger partial charge in [-0.1, -0.05) is 24.6 Å². The fraction of sp³-hybridized carbons (Fsp3) is 0.500. The van der Waals surface area contributed by atoms with Crippen LogP contribution in [-0.2, 0) is 0 Å². The zero-order valence-corrected chi connectivity index (χ0v) is 11.6.